The van der Waals surface area contributed by atoms with Crippen molar-refractivity contribution in [3.63, 3.8) is 0 Å². The number of nitrogens with zero attached hydrogens (tertiary/aromatic N) is 1. The topological polar surface area (TPSA) is 48.0 Å². The number of ether oxygens (including phenoxy) is 3. The van der Waals surface area contributed by atoms with Crippen molar-refractivity contribution in [2.45, 2.75) is 45.0 Å². The minimum Gasteiger partial charge on any atom is -0.489 e. The Kier molecular flexibility index (Phi) is 8.01. The molecule has 1 fully saturated rings. The number of benzene rings is 2. The summed E-state index contributed by atoms with van der Waals surface area (Å²) in [7, 11) is 0. The summed E-state index contributed by atoms with van der Waals surface area (Å²) in [6, 6.07) is 12.0. The molecule has 0 radical (unpaired) electrons. The van der Waals surface area contributed by atoms with Crippen LogP contribution in [0.4, 0.5) is 18.9 Å². The largest absolute Gasteiger partial charge is 0.489 e. The first-order valence-electron chi connectivity index (χ1n) is 10.8. The Morgan fingerprint density at radius 3 is 2.34 bits per heavy atom. The molecule has 3 rings (SSSR count). The number of hydrogen-bond acceptors (Lipinski definition) is 5. The summed E-state index contributed by atoms with van der Waals surface area (Å²) in [5.41, 5.74) is 0.693. The molecule has 0 saturated carbocycles. The number of rotatable bonds is 9. The van der Waals surface area contributed by atoms with Crippen molar-refractivity contribution in [2.75, 3.05) is 31.3 Å². The Balaban J connectivity index is 1.70. The summed E-state index contributed by atoms with van der Waals surface area (Å²) in [5.74, 6) is 0.0301. The van der Waals surface area contributed by atoms with Gasteiger partial charge in [-0.1, -0.05) is 6.92 Å². The summed E-state index contributed by atoms with van der Waals surface area (Å²) in [4.78, 5) is 14.1. The molecule has 1 saturated heterocycles. The molecule has 1 aliphatic heterocycles. The molecule has 0 amide bonds. The monoisotopic (exact) mass is 451 g/mol. The molecule has 174 valence electrons. The van der Waals surface area contributed by atoms with Crippen LogP contribution < -0.4 is 9.64 Å². The van der Waals surface area contributed by atoms with Crippen LogP contribution in [0.2, 0.25) is 0 Å². The normalized spacial score (nSPS) is 18.6. The molecule has 5 nitrogen and oxygen atoms in total. The third-order valence-corrected chi connectivity index (χ3v) is 5.23. The minimum absolute atomic E-state index is 0.0504. The van der Waals surface area contributed by atoms with Gasteiger partial charge in [0.05, 0.1) is 36.9 Å². The first-order chi connectivity index (χ1) is 15.3. The van der Waals surface area contributed by atoms with Gasteiger partial charge in [0.15, 0.2) is 0 Å². The Bertz CT molecular complexity index is 868. The molecule has 1 heterocycles. The average molecular weight is 451 g/mol. The van der Waals surface area contributed by atoms with Gasteiger partial charge in [0, 0.05) is 18.7 Å². The highest BCUT2D eigenvalue weighted by atomic mass is 19.4. The minimum atomic E-state index is -4.37. The molecule has 0 aliphatic carbocycles. The number of carbonyl (C=O) groups excluding carboxylic acids is 1. The fourth-order valence-electron chi connectivity index (χ4n) is 3.72. The van der Waals surface area contributed by atoms with Crippen molar-refractivity contribution in [3.05, 3.63) is 59.7 Å². The summed E-state index contributed by atoms with van der Waals surface area (Å²) < 4.78 is 55.2. The van der Waals surface area contributed by atoms with Gasteiger partial charge < -0.3 is 19.1 Å². The second-order valence-corrected chi connectivity index (χ2v) is 7.65. The number of anilines is 1. The van der Waals surface area contributed by atoms with Crippen molar-refractivity contribution in [1.82, 2.24) is 0 Å². The zero-order valence-electron chi connectivity index (χ0n) is 18.2. The van der Waals surface area contributed by atoms with E-state index in [1.807, 2.05) is 19.1 Å². The van der Waals surface area contributed by atoms with Crippen LogP contribution in [0.3, 0.4) is 0 Å². The number of carbonyl (C=O) groups is 1. The average Bonchev–Trinajstić information content (AvgIpc) is 3.16. The van der Waals surface area contributed by atoms with Crippen molar-refractivity contribution in [2.24, 2.45) is 0 Å². The maximum absolute atomic E-state index is 12.8. The van der Waals surface area contributed by atoms with Crippen LogP contribution in [-0.4, -0.2) is 44.5 Å². The molecule has 32 heavy (non-hydrogen) atoms. The van der Waals surface area contributed by atoms with Gasteiger partial charge >= 0.3 is 12.1 Å². The quantitative estimate of drug-likeness (QED) is 0.381. The second-order valence-electron chi connectivity index (χ2n) is 7.65. The summed E-state index contributed by atoms with van der Waals surface area (Å²) in [5, 5.41) is 0. The fraction of sp³-hybridized carbons (Fsp3) is 0.458. The zero-order valence-corrected chi connectivity index (χ0v) is 18.2. The number of esters is 1. The van der Waals surface area contributed by atoms with Crippen LogP contribution >= 0.6 is 0 Å². The predicted octanol–water partition coefficient (Wildman–Crippen LogP) is 5.34. The molecular formula is C24H28F3NO4. The molecule has 0 N–H and O–H groups in total. The van der Waals surface area contributed by atoms with Crippen molar-refractivity contribution in [3.8, 4) is 5.75 Å². The van der Waals surface area contributed by atoms with E-state index in [4.69, 9.17) is 14.2 Å². The van der Waals surface area contributed by atoms with E-state index in [2.05, 4.69) is 4.90 Å². The molecule has 2 atom stereocenters. The summed E-state index contributed by atoms with van der Waals surface area (Å²) in [6.45, 7) is 5.83. The lowest BCUT2D eigenvalue weighted by Gasteiger charge is -2.26. The van der Waals surface area contributed by atoms with Crippen LogP contribution in [0.25, 0.3) is 0 Å². The zero-order chi connectivity index (χ0) is 23.1. The molecule has 8 heteroatoms. The van der Waals surface area contributed by atoms with Gasteiger partial charge in [-0.2, -0.15) is 13.2 Å². The third kappa shape index (κ3) is 6.16. The lowest BCUT2D eigenvalue weighted by Crippen LogP contribution is -2.33. The molecule has 0 unspecified atom stereocenters. The SMILES string of the molecule is CCCOC[C@@H]1C[C@@H](Oc2ccc(C(F)(F)F)cc2)CN1c1ccc(C(=O)OCC)cc1. The van der Waals surface area contributed by atoms with E-state index in [1.54, 1.807) is 19.1 Å². The van der Waals surface area contributed by atoms with Crippen LogP contribution in [0.1, 0.15) is 42.6 Å². The van der Waals surface area contributed by atoms with Gasteiger partial charge in [0.25, 0.3) is 0 Å². The summed E-state index contributed by atoms with van der Waals surface area (Å²) in [6.07, 6.45) is -3.00. The van der Waals surface area contributed by atoms with E-state index in [1.165, 1.54) is 12.1 Å². The highest BCUT2D eigenvalue weighted by Gasteiger charge is 2.34. The Labute approximate surface area is 186 Å². The first kappa shape index (κ1) is 23.9. The van der Waals surface area contributed by atoms with E-state index in [0.717, 1.165) is 24.2 Å². The van der Waals surface area contributed by atoms with Gasteiger partial charge in [-0.05, 0) is 61.9 Å². The van der Waals surface area contributed by atoms with Gasteiger partial charge in [-0.25, -0.2) is 4.79 Å². The van der Waals surface area contributed by atoms with Crippen LogP contribution in [0.15, 0.2) is 48.5 Å². The molecule has 0 spiro atoms. The van der Waals surface area contributed by atoms with Crippen molar-refractivity contribution < 1.29 is 32.2 Å². The number of alkyl halides is 3. The van der Waals surface area contributed by atoms with E-state index >= 15 is 0 Å². The van der Waals surface area contributed by atoms with E-state index in [9.17, 15) is 18.0 Å². The van der Waals surface area contributed by atoms with Gasteiger partial charge in [-0.15, -0.1) is 0 Å². The highest BCUT2D eigenvalue weighted by molar-refractivity contribution is 5.89. The van der Waals surface area contributed by atoms with Crippen LogP contribution in [0, 0.1) is 0 Å². The highest BCUT2D eigenvalue weighted by Crippen LogP contribution is 2.32. The van der Waals surface area contributed by atoms with Crippen molar-refractivity contribution >= 4 is 11.7 Å². The van der Waals surface area contributed by atoms with Gasteiger partial charge in [0.1, 0.15) is 11.9 Å². The Hall–Kier alpha value is -2.74. The molecule has 1 aliphatic rings. The lowest BCUT2D eigenvalue weighted by atomic mass is 10.1. The maximum Gasteiger partial charge on any atom is 0.416 e. The van der Waals surface area contributed by atoms with E-state index in [0.29, 0.717) is 44.1 Å². The maximum atomic E-state index is 12.8. The van der Waals surface area contributed by atoms with E-state index in [-0.39, 0.29) is 18.1 Å². The Morgan fingerprint density at radius 1 is 1.06 bits per heavy atom. The van der Waals surface area contributed by atoms with Crippen LogP contribution in [0.5, 0.6) is 5.75 Å². The molecule has 0 aromatic heterocycles. The molecule has 2 aromatic carbocycles. The van der Waals surface area contributed by atoms with Crippen molar-refractivity contribution in [1.29, 1.82) is 0 Å². The lowest BCUT2D eigenvalue weighted by molar-refractivity contribution is -0.137. The third-order valence-electron chi connectivity index (χ3n) is 5.23. The van der Waals surface area contributed by atoms with Gasteiger partial charge in [0.2, 0.25) is 0 Å². The molecular weight excluding hydrogens is 423 g/mol. The molecule has 2 aromatic rings. The standard InChI is InChI=1S/C24H28F3NO4/c1-3-13-30-16-20-14-22(32-21-11-7-18(8-12-21)24(25,26)27)15-28(20)19-9-5-17(6-10-19)23(29)31-4-2/h5-12,20,22H,3-4,13-16H2,1-2H3/t20-,22+/m0/s1. The fourth-order valence-corrected chi connectivity index (χ4v) is 3.72. The van der Waals surface area contributed by atoms with E-state index < -0.39 is 11.7 Å². The number of halogens is 3. The smallest absolute Gasteiger partial charge is 0.416 e. The van der Waals surface area contributed by atoms with Crippen LogP contribution in [-0.2, 0) is 15.7 Å². The first-order valence-corrected chi connectivity index (χ1v) is 10.8. The Morgan fingerprint density at radius 2 is 1.75 bits per heavy atom. The molecule has 0 bridgehead atoms. The number of hydrogen-bond donors (Lipinski definition) is 0. The van der Waals surface area contributed by atoms with Gasteiger partial charge in [-0.3, -0.25) is 0 Å². The second kappa shape index (κ2) is 10.7. The predicted molar refractivity (Wildman–Crippen MR) is 115 cm³/mol. The summed E-state index contributed by atoms with van der Waals surface area (Å²) >= 11 is 0.